The van der Waals surface area contributed by atoms with Crippen molar-refractivity contribution in [3.05, 3.63) is 64.2 Å². The first-order valence-corrected chi connectivity index (χ1v) is 7.17. The predicted octanol–water partition coefficient (Wildman–Crippen LogP) is 3.47. The van der Waals surface area contributed by atoms with E-state index in [4.69, 9.17) is 17.3 Å². The molecular formula is C16H16ClFN2. The number of pyridine rings is 1. The largest absolute Gasteiger partial charge is 0.327 e. The van der Waals surface area contributed by atoms with Crippen molar-refractivity contribution in [2.75, 3.05) is 0 Å². The first kappa shape index (κ1) is 13.5. The van der Waals surface area contributed by atoms with Crippen molar-refractivity contribution in [1.29, 1.82) is 0 Å². The number of hydrogen-bond acceptors (Lipinski definition) is 2. The van der Waals surface area contributed by atoms with E-state index in [2.05, 4.69) is 11.1 Å². The summed E-state index contributed by atoms with van der Waals surface area (Å²) in [5.41, 5.74) is 9.12. The van der Waals surface area contributed by atoms with Gasteiger partial charge in [0.25, 0.3) is 0 Å². The molecule has 1 aliphatic carbocycles. The molecule has 1 aromatic carbocycles. The van der Waals surface area contributed by atoms with E-state index in [1.165, 1.54) is 11.6 Å². The van der Waals surface area contributed by atoms with Crippen molar-refractivity contribution in [1.82, 2.24) is 4.98 Å². The fourth-order valence-electron chi connectivity index (χ4n) is 2.97. The van der Waals surface area contributed by atoms with Gasteiger partial charge in [-0.1, -0.05) is 23.7 Å². The summed E-state index contributed by atoms with van der Waals surface area (Å²) in [4.78, 5) is 4.44. The monoisotopic (exact) mass is 290 g/mol. The van der Waals surface area contributed by atoms with Crippen LogP contribution in [0, 0.1) is 5.82 Å². The van der Waals surface area contributed by atoms with Crippen LogP contribution in [0.25, 0.3) is 0 Å². The van der Waals surface area contributed by atoms with Gasteiger partial charge in [0.15, 0.2) is 0 Å². The highest BCUT2D eigenvalue weighted by atomic mass is 35.5. The molecule has 1 aliphatic rings. The molecule has 4 heteroatoms. The summed E-state index contributed by atoms with van der Waals surface area (Å²) in [6, 6.07) is 8.60. The average Bonchev–Trinajstić information content (AvgIpc) is 2.87. The maximum Gasteiger partial charge on any atom is 0.127 e. The van der Waals surface area contributed by atoms with Crippen LogP contribution in [-0.4, -0.2) is 11.0 Å². The van der Waals surface area contributed by atoms with Crippen molar-refractivity contribution in [2.24, 2.45) is 5.73 Å². The number of rotatable bonds is 3. The molecule has 3 rings (SSSR count). The maximum absolute atomic E-state index is 13.8. The van der Waals surface area contributed by atoms with E-state index < -0.39 is 0 Å². The molecular weight excluding hydrogens is 275 g/mol. The topological polar surface area (TPSA) is 38.9 Å². The Morgan fingerprint density at radius 2 is 2.20 bits per heavy atom. The van der Waals surface area contributed by atoms with Gasteiger partial charge in [-0.25, -0.2) is 4.39 Å². The Labute approximate surface area is 122 Å². The van der Waals surface area contributed by atoms with Gasteiger partial charge in [-0.3, -0.25) is 4.98 Å². The molecule has 0 radical (unpaired) electrons. The third-order valence-electron chi connectivity index (χ3n) is 4.02. The molecule has 104 valence electrons. The fourth-order valence-corrected chi connectivity index (χ4v) is 3.21. The summed E-state index contributed by atoms with van der Waals surface area (Å²) in [7, 11) is 0. The molecule has 0 fully saturated rings. The summed E-state index contributed by atoms with van der Waals surface area (Å²) in [6.07, 6.45) is 4.19. The first-order chi connectivity index (χ1) is 9.66. The van der Waals surface area contributed by atoms with Crippen molar-refractivity contribution >= 4 is 11.6 Å². The quantitative estimate of drug-likeness (QED) is 0.940. The van der Waals surface area contributed by atoms with Crippen LogP contribution < -0.4 is 5.73 Å². The van der Waals surface area contributed by atoms with Gasteiger partial charge in [-0.2, -0.15) is 0 Å². The molecule has 0 bridgehead atoms. The van der Waals surface area contributed by atoms with Gasteiger partial charge < -0.3 is 5.73 Å². The average molecular weight is 291 g/mol. The molecule has 0 saturated heterocycles. The van der Waals surface area contributed by atoms with Crippen molar-refractivity contribution in [3.63, 3.8) is 0 Å². The third-order valence-corrected chi connectivity index (χ3v) is 4.37. The zero-order valence-electron chi connectivity index (χ0n) is 11.0. The second-order valence-corrected chi connectivity index (χ2v) is 5.67. The summed E-state index contributed by atoms with van der Waals surface area (Å²) in [6.45, 7) is 0. The Balaban J connectivity index is 1.83. The highest BCUT2D eigenvalue weighted by Crippen LogP contribution is 2.34. The molecule has 2 unspecified atom stereocenters. The third kappa shape index (κ3) is 2.43. The molecule has 0 saturated carbocycles. The second kappa shape index (κ2) is 5.51. The van der Waals surface area contributed by atoms with Gasteiger partial charge >= 0.3 is 0 Å². The Kier molecular flexibility index (Phi) is 3.72. The van der Waals surface area contributed by atoms with E-state index in [1.807, 2.05) is 6.07 Å². The predicted molar refractivity (Wildman–Crippen MR) is 78.4 cm³/mol. The molecule has 0 spiro atoms. The highest BCUT2D eigenvalue weighted by molar-refractivity contribution is 6.31. The molecule has 2 aromatic rings. The Morgan fingerprint density at radius 1 is 1.35 bits per heavy atom. The Morgan fingerprint density at radius 3 is 3.00 bits per heavy atom. The molecule has 1 heterocycles. The lowest BCUT2D eigenvalue weighted by atomic mass is 9.92. The summed E-state index contributed by atoms with van der Waals surface area (Å²) in [5.74, 6) is -0.103. The van der Waals surface area contributed by atoms with Crippen molar-refractivity contribution in [3.8, 4) is 0 Å². The normalized spacial score (nSPS) is 18.9. The van der Waals surface area contributed by atoms with E-state index in [9.17, 15) is 4.39 Å². The van der Waals surface area contributed by atoms with Crippen LogP contribution in [0.5, 0.6) is 0 Å². The minimum Gasteiger partial charge on any atom is -0.327 e. The standard InChI is InChI=1S/C16H16ClFN2/c17-13-4-1-5-14(18)12(13)9-15(19)11-7-6-10-3-2-8-20-16(10)11/h1-5,8,11,15H,6-7,9,19H2. The lowest BCUT2D eigenvalue weighted by Gasteiger charge is -2.20. The molecule has 2 N–H and O–H groups in total. The van der Waals surface area contributed by atoms with Crippen LogP contribution >= 0.6 is 11.6 Å². The molecule has 2 atom stereocenters. The van der Waals surface area contributed by atoms with Crippen molar-refractivity contribution < 1.29 is 4.39 Å². The first-order valence-electron chi connectivity index (χ1n) is 6.79. The molecule has 0 amide bonds. The minimum atomic E-state index is -0.285. The van der Waals surface area contributed by atoms with Crippen LogP contribution in [0.2, 0.25) is 5.02 Å². The maximum atomic E-state index is 13.8. The molecule has 20 heavy (non-hydrogen) atoms. The minimum absolute atomic E-state index is 0.166. The Hall–Kier alpha value is -1.45. The van der Waals surface area contributed by atoms with E-state index in [1.54, 1.807) is 18.3 Å². The number of halogens is 2. The number of benzene rings is 1. The fraction of sp³-hybridized carbons (Fsp3) is 0.312. The van der Waals surface area contributed by atoms with Crippen LogP contribution in [0.1, 0.15) is 29.2 Å². The zero-order chi connectivity index (χ0) is 14.1. The van der Waals surface area contributed by atoms with Gasteiger partial charge in [0.2, 0.25) is 0 Å². The molecule has 2 nitrogen and oxygen atoms in total. The van der Waals surface area contributed by atoms with Gasteiger partial charge in [0.1, 0.15) is 5.82 Å². The van der Waals surface area contributed by atoms with Gasteiger partial charge in [-0.05, 0) is 43.0 Å². The summed E-state index contributed by atoms with van der Waals surface area (Å²) < 4.78 is 13.8. The van der Waals surface area contributed by atoms with Crippen LogP contribution in [-0.2, 0) is 12.8 Å². The van der Waals surface area contributed by atoms with Crippen LogP contribution in [0.15, 0.2) is 36.5 Å². The zero-order valence-corrected chi connectivity index (χ0v) is 11.8. The number of fused-ring (bicyclic) bond motifs is 1. The van der Waals surface area contributed by atoms with E-state index >= 15 is 0 Å². The number of aryl methyl sites for hydroxylation is 1. The van der Waals surface area contributed by atoms with Crippen LogP contribution in [0.4, 0.5) is 4.39 Å². The van der Waals surface area contributed by atoms with Gasteiger partial charge in [-0.15, -0.1) is 0 Å². The lowest BCUT2D eigenvalue weighted by molar-refractivity contribution is 0.503. The van der Waals surface area contributed by atoms with E-state index in [-0.39, 0.29) is 17.8 Å². The number of nitrogens with zero attached hydrogens (tertiary/aromatic N) is 1. The lowest BCUT2D eigenvalue weighted by Crippen LogP contribution is -2.30. The summed E-state index contributed by atoms with van der Waals surface area (Å²) >= 11 is 6.07. The molecule has 1 aromatic heterocycles. The van der Waals surface area contributed by atoms with Crippen LogP contribution in [0.3, 0.4) is 0 Å². The highest BCUT2D eigenvalue weighted by Gasteiger charge is 2.29. The van der Waals surface area contributed by atoms with E-state index in [0.717, 1.165) is 18.5 Å². The van der Waals surface area contributed by atoms with E-state index in [0.29, 0.717) is 17.0 Å². The van der Waals surface area contributed by atoms with Gasteiger partial charge in [0, 0.05) is 34.4 Å². The SMILES string of the molecule is NC(Cc1c(F)cccc1Cl)C1CCc2cccnc21. The van der Waals surface area contributed by atoms with Gasteiger partial charge in [0.05, 0.1) is 0 Å². The number of hydrogen-bond donors (Lipinski definition) is 1. The number of nitrogens with two attached hydrogens (primary N) is 1. The molecule has 0 aliphatic heterocycles. The Bertz CT molecular complexity index is 609. The smallest absolute Gasteiger partial charge is 0.127 e. The second-order valence-electron chi connectivity index (χ2n) is 5.26. The summed E-state index contributed by atoms with van der Waals surface area (Å²) in [5, 5.41) is 0.444. The number of aromatic nitrogens is 1. The van der Waals surface area contributed by atoms with Crippen molar-refractivity contribution in [2.45, 2.75) is 31.2 Å².